The van der Waals surface area contributed by atoms with Gasteiger partial charge in [0.1, 0.15) is 6.73 Å². The molecule has 0 aromatic carbocycles. The summed E-state index contributed by atoms with van der Waals surface area (Å²) in [5.74, 6) is 1.24. The molecule has 0 atom stereocenters. The van der Waals surface area contributed by atoms with Crippen molar-refractivity contribution in [1.82, 2.24) is 14.8 Å². The van der Waals surface area contributed by atoms with E-state index in [9.17, 15) is 0 Å². The number of methoxy groups -OCH3 is 1. The number of nitrogens with zero attached hydrogens (tertiary/aromatic N) is 3. The third kappa shape index (κ3) is 3.49. The highest BCUT2D eigenvalue weighted by molar-refractivity contribution is 6.76. The zero-order chi connectivity index (χ0) is 15.7. The van der Waals surface area contributed by atoms with Crippen LogP contribution in [0, 0.1) is 0 Å². The van der Waals surface area contributed by atoms with Crippen molar-refractivity contribution in [2.24, 2.45) is 0 Å². The Hall–Kier alpha value is -1.40. The number of hydrogen-bond acceptors (Lipinski definition) is 4. The topological polar surface area (TPSA) is 49.2 Å². The monoisotopic (exact) mass is 319 g/mol. The quantitative estimate of drug-likeness (QED) is 0.577. The molecule has 3 rings (SSSR count). The molecule has 1 fully saturated rings. The standard InChI is InChI=1S/C16H25N3O2Si/c1-20-15-9-13-14(10-17-15)19(18-16(13)12-5-6-12)11-21-7-8-22(2,3)4/h9-10,12H,5-8,11H2,1-4H3. The number of pyridine rings is 1. The van der Waals surface area contributed by atoms with Crippen molar-refractivity contribution in [1.29, 1.82) is 0 Å². The van der Waals surface area contributed by atoms with E-state index in [1.807, 2.05) is 16.9 Å². The van der Waals surface area contributed by atoms with E-state index in [0.717, 1.165) is 17.5 Å². The van der Waals surface area contributed by atoms with E-state index in [1.54, 1.807) is 7.11 Å². The highest BCUT2D eigenvalue weighted by atomic mass is 28.3. The first kappa shape index (κ1) is 15.5. The Kier molecular flexibility index (Phi) is 4.23. The van der Waals surface area contributed by atoms with Gasteiger partial charge < -0.3 is 9.47 Å². The predicted octanol–water partition coefficient (Wildman–Crippen LogP) is 3.63. The van der Waals surface area contributed by atoms with E-state index in [-0.39, 0.29) is 0 Å². The SMILES string of the molecule is COc1cc2c(C3CC3)nn(COCC[Si](C)(C)C)c2cn1. The van der Waals surface area contributed by atoms with Crippen LogP contribution in [0.4, 0.5) is 0 Å². The second kappa shape index (κ2) is 6.00. The summed E-state index contributed by atoms with van der Waals surface area (Å²) in [5, 5.41) is 5.92. The van der Waals surface area contributed by atoms with Gasteiger partial charge in [-0.15, -0.1) is 0 Å². The van der Waals surface area contributed by atoms with Crippen LogP contribution in [0.1, 0.15) is 24.5 Å². The van der Waals surface area contributed by atoms with Crippen molar-refractivity contribution in [3.05, 3.63) is 18.0 Å². The van der Waals surface area contributed by atoms with Crippen molar-refractivity contribution in [2.75, 3.05) is 13.7 Å². The average molecular weight is 319 g/mol. The molecule has 0 N–H and O–H groups in total. The van der Waals surface area contributed by atoms with Crippen molar-refractivity contribution >= 4 is 19.0 Å². The van der Waals surface area contributed by atoms with Gasteiger partial charge in [-0.05, 0) is 18.9 Å². The summed E-state index contributed by atoms with van der Waals surface area (Å²) >= 11 is 0. The van der Waals surface area contributed by atoms with Crippen LogP contribution in [-0.2, 0) is 11.5 Å². The normalized spacial score (nSPS) is 15.5. The molecule has 2 heterocycles. The van der Waals surface area contributed by atoms with Gasteiger partial charge in [-0.25, -0.2) is 9.67 Å². The third-order valence-electron chi connectivity index (χ3n) is 4.02. The minimum atomic E-state index is -1.05. The number of aromatic nitrogens is 3. The smallest absolute Gasteiger partial charge is 0.213 e. The van der Waals surface area contributed by atoms with Crippen LogP contribution >= 0.6 is 0 Å². The molecule has 0 amide bonds. The number of ether oxygens (including phenoxy) is 2. The van der Waals surface area contributed by atoms with Crippen molar-refractivity contribution in [2.45, 2.75) is 51.2 Å². The van der Waals surface area contributed by atoms with Crippen LogP contribution < -0.4 is 4.74 Å². The van der Waals surface area contributed by atoms with E-state index in [0.29, 0.717) is 18.5 Å². The van der Waals surface area contributed by atoms with E-state index in [4.69, 9.17) is 14.6 Å². The highest BCUT2D eigenvalue weighted by Crippen LogP contribution is 2.42. The fourth-order valence-electron chi connectivity index (χ4n) is 2.48. The second-order valence-electron chi connectivity index (χ2n) is 7.25. The molecule has 0 bridgehead atoms. The first-order valence-corrected chi connectivity index (χ1v) is 11.7. The molecule has 0 spiro atoms. The van der Waals surface area contributed by atoms with Crippen LogP contribution in [0.15, 0.2) is 12.3 Å². The largest absolute Gasteiger partial charge is 0.481 e. The first-order valence-electron chi connectivity index (χ1n) is 7.96. The number of rotatable bonds is 7. The highest BCUT2D eigenvalue weighted by Gasteiger charge is 2.29. The molecule has 5 nitrogen and oxygen atoms in total. The Bertz CT molecular complexity index is 659. The maximum atomic E-state index is 5.85. The van der Waals surface area contributed by atoms with E-state index < -0.39 is 8.07 Å². The Morgan fingerprint density at radius 3 is 2.73 bits per heavy atom. The Morgan fingerprint density at radius 1 is 1.32 bits per heavy atom. The van der Waals surface area contributed by atoms with Gasteiger partial charge >= 0.3 is 0 Å². The van der Waals surface area contributed by atoms with E-state index >= 15 is 0 Å². The lowest BCUT2D eigenvalue weighted by atomic mass is 10.2. The molecule has 0 aliphatic heterocycles. The zero-order valence-corrected chi connectivity index (χ0v) is 14.9. The maximum Gasteiger partial charge on any atom is 0.213 e. The van der Waals surface area contributed by atoms with Gasteiger partial charge in [0, 0.05) is 32.1 Å². The summed E-state index contributed by atoms with van der Waals surface area (Å²) in [4.78, 5) is 4.31. The summed E-state index contributed by atoms with van der Waals surface area (Å²) in [6.07, 6.45) is 4.30. The summed E-state index contributed by atoms with van der Waals surface area (Å²) in [6.45, 7) is 8.39. The molecule has 2 aromatic rings. The molecule has 0 saturated heterocycles. The molecular formula is C16H25N3O2Si. The van der Waals surface area contributed by atoms with Crippen LogP contribution in [0.2, 0.25) is 25.7 Å². The van der Waals surface area contributed by atoms with Gasteiger partial charge in [-0.3, -0.25) is 0 Å². The molecule has 6 heteroatoms. The lowest BCUT2D eigenvalue weighted by Crippen LogP contribution is -2.22. The molecule has 0 unspecified atom stereocenters. The fourth-order valence-corrected chi connectivity index (χ4v) is 3.23. The van der Waals surface area contributed by atoms with E-state index in [2.05, 4.69) is 24.6 Å². The first-order chi connectivity index (χ1) is 10.5. The molecule has 1 aliphatic carbocycles. The molecular weight excluding hydrogens is 294 g/mol. The van der Waals surface area contributed by atoms with Crippen LogP contribution in [0.3, 0.4) is 0 Å². The van der Waals surface area contributed by atoms with Gasteiger partial charge in [0.05, 0.1) is 24.5 Å². The Labute approximate surface area is 132 Å². The summed E-state index contributed by atoms with van der Waals surface area (Å²) in [6, 6.07) is 3.17. The van der Waals surface area contributed by atoms with Crippen molar-refractivity contribution in [3.8, 4) is 5.88 Å². The molecule has 0 radical (unpaired) electrons. The van der Waals surface area contributed by atoms with Crippen molar-refractivity contribution < 1.29 is 9.47 Å². The van der Waals surface area contributed by atoms with Crippen molar-refractivity contribution in [3.63, 3.8) is 0 Å². The molecule has 22 heavy (non-hydrogen) atoms. The molecule has 1 aliphatic rings. The molecule has 120 valence electrons. The summed E-state index contributed by atoms with van der Waals surface area (Å²) in [5.41, 5.74) is 2.21. The third-order valence-corrected chi connectivity index (χ3v) is 5.73. The summed E-state index contributed by atoms with van der Waals surface area (Å²) in [7, 11) is 0.600. The lowest BCUT2D eigenvalue weighted by Gasteiger charge is -2.15. The molecule has 1 saturated carbocycles. The Balaban J connectivity index is 1.77. The van der Waals surface area contributed by atoms with Crippen LogP contribution in [-0.4, -0.2) is 36.6 Å². The van der Waals surface area contributed by atoms with Gasteiger partial charge in [-0.1, -0.05) is 19.6 Å². The lowest BCUT2D eigenvalue weighted by molar-refractivity contribution is 0.0813. The average Bonchev–Trinajstić information content (AvgIpc) is 3.25. The number of fused-ring (bicyclic) bond motifs is 1. The minimum absolute atomic E-state index is 0.502. The second-order valence-corrected chi connectivity index (χ2v) is 12.9. The zero-order valence-electron chi connectivity index (χ0n) is 13.9. The fraction of sp³-hybridized carbons (Fsp3) is 0.625. The molecule has 2 aromatic heterocycles. The van der Waals surface area contributed by atoms with Crippen LogP contribution in [0.25, 0.3) is 10.9 Å². The predicted molar refractivity (Wildman–Crippen MR) is 90.2 cm³/mol. The maximum absolute atomic E-state index is 5.85. The number of hydrogen-bond donors (Lipinski definition) is 0. The summed E-state index contributed by atoms with van der Waals surface area (Å²) < 4.78 is 13.0. The minimum Gasteiger partial charge on any atom is -0.481 e. The van der Waals surface area contributed by atoms with Gasteiger partial charge in [0.25, 0.3) is 0 Å². The van der Waals surface area contributed by atoms with Gasteiger partial charge in [-0.2, -0.15) is 5.10 Å². The van der Waals surface area contributed by atoms with E-state index in [1.165, 1.54) is 24.6 Å². The van der Waals surface area contributed by atoms with Gasteiger partial charge in [0.2, 0.25) is 5.88 Å². The van der Waals surface area contributed by atoms with Crippen LogP contribution in [0.5, 0.6) is 5.88 Å². The van der Waals surface area contributed by atoms with Gasteiger partial charge in [0.15, 0.2) is 0 Å². The Morgan fingerprint density at radius 2 is 2.09 bits per heavy atom.